The summed E-state index contributed by atoms with van der Waals surface area (Å²) in [4.78, 5) is 38.1. The number of hydrogen-bond acceptors (Lipinski definition) is 10. The maximum absolute atomic E-state index is 12.8. The molecule has 0 aliphatic carbocycles. The van der Waals surface area contributed by atoms with Crippen molar-refractivity contribution >= 4 is 35.0 Å². The van der Waals surface area contributed by atoms with Gasteiger partial charge in [0.1, 0.15) is 33.9 Å². The van der Waals surface area contributed by atoms with Crippen LogP contribution in [0.25, 0.3) is 0 Å². The van der Waals surface area contributed by atoms with Crippen molar-refractivity contribution in [3.63, 3.8) is 0 Å². The Kier molecular flexibility index (Phi) is 7.22. The van der Waals surface area contributed by atoms with E-state index in [9.17, 15) is 24.6 Å². The summed E-state index contributed by atoms with van der Waals surface area (Å²) in [6.45, 7) is 0. The maximum atomic E-state index is 12.8. The van der Waals surface area contributed by atoms with Crippen molar-refractivity contribution in [2.45, 2.75) is 0 Å². The number of hydrogen-bond donors (Lipinski definition) is 5. The van der Waals surface area contributed by atoms with E-state index in [2.05, 4.69) is 16.0 Å². The molecule has 0 aliphatic heterocycles. The van der Waals surface area contributed by atoms with Crippen molar-refractivity contribution in [2.24, 2.45) is 0 Å². The van der Waals surface area contributed by atoms with E-state index in [0.29, 0.717) is 17.1 Å². The van der Waals surface area contributed by atoms with Gasteiger partial charge in [0.2, 0.25) is 0 Å². The zero-order valence-electron chi connectivity index (χ0n) is 18.6. The van der Waals surface area contributed by atoms with Gasteiger partial charge in [-0.2, -0.15) is 0 Å². The van der Waals surface area contributed by atoms with Gasteiger partial charge in [-0.25, -0.2) is 14.4 Å². The standard InChI is InChI=1S/C24H23N3O7/c1-25-13-5-8-19(28)17(10-13)23(31)33-21-12-15(27-3)4-7-16(21)22(30)34-24(32)18-11-14(26-2)6-9-20(18)29/h4-12,25-29H,1-3H3. The van der Waals surface area contributed by atoms with Crippen LogP contribution in [0.2, 0.25) is 0 Å². The fraction of sp³-hybridized carbons (Fsp3) is 0.125. The quantitative estimate of drug-likeness (QED) is 0.152. The van der Waals surface area contributed by atoms with Gasteiger partial charge < -0.3 is 35.6 Å². The van der Waals surface area contributed by atoms with Crippen molar-refractivity contribution in [1.29, 1.82) is 0 Å². The Balaban J connectivity index is 1.90. The molecule has 10 heteroatoms. The van der Waals surface area contributed by atoms with Gasteiger partial charge in [-0.15, -0.1) is 0 Å². The Hall–Kier alpha value is -4.73. The van der Waals surface area contributed by atoms with E-state index >= 15 is 0 Å². The second kappa shape index (κ2) is 10.3. The third kappa shape index (κ3) is 5.18. The number of aromatic hydroxyl groups is 2. The first-order valence-corrected chi connectivity index (χ1v) is 10.1. The van der Waals surface area contributed by atoms with Crippen LogP contribution in [0.4, 0.5) is 17.1 Å². The Labute approximate surface area is 195 Å². The van der Waals surface area contributed by atoms with Gasteiger partial charge in [0.15, 0.2) is 0 Å². The van der Waals surface area contributed by atoms with Gasteiger partial charge in [-0.1, -0.05) is 0 Å². The van der Waals surface area contributed by atoms with Crippen LogP contribution in [0, 0.1) is 0 Å². The third-order valence-corrected chi connectivity index (χ3v) is 4.89. The lowest BCUT2D eigenvalue weighted by molar-refractivity contribution is 0.0394. The summed E-state index contributed by atoms with van der Waals surface area (Å²) in [6, 6.07) is 12.7. The van der Waals surface area contributed by atoms with Crippen LogP contribution in [0.15, 0.2) is 54.6 Å². The van der Waals surface area contributed by atoms with Crippen LogP contribution in [-0.2, 0) is 4.74 Å². The number of carbonyl (C=O) groups is 3. The molecule has 0 unspecified atom stereocenters. The molecule has 0 atom stereocenters. The molecule has 10 nitrogen and oxygen atoms in total. The van der Waals surface area contributed by atoms with Crippen molar-refractivity contribution in [2.75, 3.05) is 37.1 Å². The van der Waals surface area contributed by atoms with Crippen LogP contribution in [0.3, 0.4) is 0 Å². The van der Waals surface area contributed by atoms with Crippen LogP contribution >= 0.6 is 0 Å². The molecule has 5 N–H and O–H groups in total. The highest BCUT2D eigenvalue weighted by molar-refractivity contribution is 6.06. The largest absolute Gasteiger partial charge is 0.507 e. The normalized spacial score (nSPS) is 10.2. The van der Waals surface area contributed by atoms with Crippen LogP contribution in [0.1, 0.15) is 31.1 Å². The highest BCUT2D eigenvalue weighted by atomic mass is 16.6. The van der Waals surface area contributed by atoms with E-state index in [1.807, 2.05) is 0 Å². The minimum Gasteiger partial charge on any atom is -0.507 e. The van der Waals surface area contributed by atoms with Gasteiger partial charge in [0.25, 0.3) is 0 Å². The number of rotatable bonds is 7. The van der Waals surface area contributed by atoms with Crippen LogP contribution in [-0.4, -0.2) is 49.3 Å². The topological polar surface area (TPSA) is 146 Å². The maximum Gasteiger partial charge on any atom is 0.349 e. The van der Waals surface area contributed by atoms with Crippen molar-refractivity contribution in [3.05, 3.63) is 71.3 Å². The first-order valence-electron chi connectivity index (χ1n) is 10.1. The number of nitrogens with one attached hydrogen (secondary N) is 3. The van der Waals surface area contributed by atoms with E-state index in [0.717, 1.165) is 0 Å². The van der Waals surface area contributed by atoms with E-state index in [-0.39, 0.29) is 33.9 Å². The van der Waals surface area contributed by atoms with Crippen molar-refractivity contribution in [1.82, 2.24) is 0 Å². The van der Waals surface area contributed by atoms with Gasteiger partial charge in [0.05, 0.1) is 0 Å². The van der Waals surface area contributed by atoms with Crippen LogP contribution < -0.4 is 20.7 Å². The monoisotopic (exact) mass is 465 g/mol. The summed E-state index contributed by atoms with van der Waals surface area (Å²) >= 11 is 0. The molecule has 0 heterocycles. The smallest absolute Gasteiger partial charge is 0.349 e. The summed E-state index contributed by atoms with van der Waals surface area (Å²) in [5, 5.41) is 28.6. The number of phenolic OH excluding ortho intramolecular Hbond substituents is 2. The summed E-state index contributed by atoms with van der Waals surface area (Å²) in [5.41, 5.74) is 1.02. The molecule has 0 aromatic heterocycles. The number of esters is 3. The minimum absolute atomic E-state index is 0.133. The summed E-state index contributed by atoms with van der Waals surface area (Å²) in [6.07, 6.45) is 0. The molecule has 0 aliphatic rings. The molecular weight excluding hydrogens is 442 g/mol. The molecule has 0 saturated heterocycles. The predicted molar refractivity (Wildman–Crippen MR) is 126 cm³/mol. The molecule has 0 saturated carbocycles. The molecular formula is C24H23N3O7. The van der Waals surface area contributed by atoms with E-state index in [4.69, 9.17) is 9.47 Å². The Morgan fingerprint density at radius 1 is 0.618 bits per heavy atom. The molecule has 0 fully saturated rings. The number of anilines is 3. The number of phenols is 2. The molecule has 0 bridgehead atoms. The average Bonchev–Trinajstić information content (AvgIpc) is 2.84. The highest BCUT2D eigenvalue weighted by Gasteiger charge is 2.24. The number of ether oxygens (including phenoxy) is 2. The lowest BCUT2D eigenvalue weighted by atomic mass is 10.1. The van der Waals surface area contributed by atoms with E-state index in [1.54, 1.807) is 33.3 Å². The van der Waals surface area contributed by atoms with Crippen molar-refractivity contribution < 1.29 is 34.1 Å². The summed E-state index contributed by atoms with van der Waals surface area (Å²) in [7, 11) is 4.90. The molecule has 0 amide bonds. The molecule has 3 aromatic carbocycles. The molecule has 176 valence electrons. The lowest BCUT2D eigenvalue weighted by Gasteiger charge is -2.13. The van der Waals surface area contributed by atoms with Gasteiger partial charge in [-0.3, -0.25) is 0 Å². The fourth-order valence-electron chi connectivity index (χ4n) is 2.99. The summed E-state index contributed by atoms with van der Waals surface area (Å²) < 4.78 is 10.3. The minimum atomic E-state index is -1.10. The van der Waals surface area contributed by atoms with E-state index in [1.165, 1.54) is 42.5 Å². The number of carbonyl (C=O) groups excluding carboxylic acids is 3. The first-order chi connectivity index (χ1) is 16.3. The fourth-order valence-corrected chi connectivity index (χ4v) is 2.99. The predicted octanol–water partition coefficient (Wildman–Crippen LogP) is 3.44. The highest BCUT2D eigenvalue weighted by Crippen LogP contribution is 2.29. The van der Waals surface area contributed by atoms with Crippen molar-refractivity contribution in [3.8, 4) is 17.2 Å². The second-order valence-corrected chi connectivity index (χ2v) is 6.99. The van der Waals surface area contributed by atoms with E-state index < -0.39 is 17.9 Å². The van der Waals surface area contributed by atoms with Crippen LogP contribution in [0.5, 0.6) is 17.2 Å². The lowest BCUT2D eigenvalue weighted by Crippen LogP contribution is -2.17. The zero-order valence-corrected chi connectivity index (χ0v) is 18.6. The molecule has 3 rings (SSSR count). The molecule has 34 heavy (non-hydrogen) atoms. The summed E-state index contributed by atoms with van der Waals surface area (Å²) in [5.74, 6) is -3.99. The first kappa shape index (κ1) is 23.9. The second-order valence-electron chi connectivity index (χ2n) is 6.99. The Morgan fingerprint density at radius 3 is 1.59 bits per heavy atom. The van der Waals surface area contributed by atoms with Gasteiger partial charge >= 0.3 is 17.9 Å². The Bertz CT molecular complexity index is 1260. The number of benzene rings is 3. The third-order valence-electron chi connectivity index (χ3n) is 4.89. The van der Waals surface area contributed by atoms with Gasteiger partial charge in [0, 0.05) is 44.3 Å². The molecule has 0 spiro atoms. The Morgan fingerprint density at radius 2 is 1.06 bits per heavy atom. The zero-order chi connectivity index (χ0) is 24.8. The molecule has 3 aromatic rings. The SMILES string of the molecule is CNc1ccc(C(=O)OC(=O)c2cc(NC)ccc2O)c(OC(=O)c2cc(NC)ccc2O)c1. The van der Waals surface area contributed by atoms with Gasteiger partial charge in [-0.05, 0) is 48.5 Å². The molecule has 0 radical (unpaired) electrons. The average molecular weight is 465 g/mol.